The first-order chi connectivity index (χ1) is 13.9. The number of ether oxygens (including phenoxy) is 2. The van der Waals surface area contributed by atoms with Gasteiger partial charge in [-0.3, -0.25) is 4.79 Å². The lowest BCUT2D eigenvalue weighted by Crippen LogP contribution is -2.49. The molecule has 9 heteroatoms. The maximum absolute atomic E-state index is 12.8. The quantitative estimate of drug-likeness (QED) is 0.634. The topological polar surface area (TPSA) is 105 Å². The summed E-state index contributed by atoms with van der Waals surface area (Å²) in [6, 6.07) is 5.55. The summed E-state index contributed by atoms with van der Waals surface area (Å²) in [4.78, 5) is 14.3. The highest BCUT2D eigenvalue weighted by molar-refractivity contribution is 7.89. The van der Waals surface area contributed by atoms with Crippen LogP contribution in [-0.2, 0) is 19.6 Å². The zero-order valence-corrected chi connectivity index (χ0v) is 17.3. The Morgan fingerprint density at radius 2 is 1.97 bits per heavy atom. The minimum Gasteiger partial charge on any atom is -0.495 e. The summed E-state index contributed by atoms with van der Waals surface area (Å²) in [5.74, 6) is 0.246. The van der Waals surface area contributed by atoms with E-state index >= 15 is 0 Å². The van der Waals surface area contributed by atoms with Gasteiger partial charge < -0.3 is 19.5 Å². The van der Waals surface area contributed by atoms with Crippen molar-refractivity contribution in [2.45, 2.75) is 48.8 Å². The fourth-order valence-corrected chi connectivity index (χ4v) is 5.03. The first kappa shape index (κ1) is 21.8. The summed E-state index contributed by atoms with van der Waals surface area (Å²) in [5.41, 5.74) is 0. The van der Waals surface area contributed by atoms with Crippen LogP contribution in [-0.4, -0.2) is 69.4 Å². The minimum atomic E-state index is -3.90. The Bertz CT molecular complexity index is 835. The van der Waals surface area contributed by atoms with E-state index in [0.717, 1.165) is 32.4 Å². The van der Waals surface area contributed by atoms with Gasteiger partial charge >= 0.3 is 0 Å². The van der Waals surface area contributed by atoms with E-state index in [9.17, 15) is 18.3 Å². The summed E-state index contributed by atoms with van der Waals surface area (Å²) >= 11 is 0. The van der Waals surface area contributed by atoms with E-state index in [-0.39, 0.29) is 29.6 Å². The highest BCUT2D eigenvalue weighted by atomic mass is 32.2. The molecule has 1 saturated heterocycles. The molecule has 8 nitrogen and oxygen atoms in total. The Hall–Kier alpha value is -1.94. The second kappa shape index (κ2) is 9.71. The van der Waals surface area contributed by atoms with Gasteiger partial charge in [0.05, 0.1) is 32.3 Å². The predicted octanol–water partition coefficient (Wildman–Crippen LogP) is 1.06. The second-order valence-corrected chi connectivity index (χ2v) is 8.91. The Kier molecular flexibility index (Phi) is 7.28. The van der Waals surface area contributed by atoms with Gasteiger partial charge in [0.1, 0.15) is 16.7 Å². The molecule has 3 rings (SSSR count). The van der Waals surface area contributed by atoms with Gasteiger partial charge in [0.15, 0.2) is 0 Å². The molecule has 0 bridgehead atoms. The summed E-state index contributed by atoms with van der Waals surface area (Å²) in [6.45, 7) is 1.15. The number of para-hydroxylation sites is 1. The number of methoxy groups -OCH3 is 1. The Balaban J connectivity index is 1.67. The van der Waals surface area contributed by atoms with Crippen LogP contribution in [0.1, 0.15) is 25.7 Å². The molecule has 0 spiro atoms. The van der Waals surface area contributed by atoms with Crippen molar-refractivity contribution in [2.24, 2.45) is 0 Å². The van der Waals surface area contributed by atoms with Gasteiger partial charge in [-0.1, -0.05) is 24.3 Å². The number of sulfonamides is 1. The summed E-state index contributed by atoms with van der Waals surface area (Å²) in [6.07, 6.45) is 5.40. The van der Waals surface area contributed by atoms with Gasteiger partial charge in [-0.25, -0.2) is 13.1 Å². The van der Waals surface area contributed by atoms with Gasteiger partial charge in [0.25, 0.3) is 0 Å². The van der Waals surface area contributed by atoms with Crippen molar-refractivity contribution in [3.63, 3.8) is 0 Å². The molecule has 0 radical (unpaired) electrons. The van der Waals surface area contributed by atoms with Crippen LogP contribution in [0.25, 0.3) is 0 Å². The Morgan fingerprint density at radius 3 is 2.66 bits per heavy atom. The smallest absolute Gasteiger partial charge is 0.244 e. The molecule has 2 N–H and O–H groups in total. The van der Waals surface area contributed by atoms with E-state index in [4.69, 9.17) is 9.47 Å². The lowest BCUT2D eigenvalue weighted by Gasteiger charge is -2.33. The number of hydrogen-bond donors (Lipinski definition) is 2. The fraction of sp³-hybridized carbons (Fsp3) is 0.550. The lowest BCUT2D eigenvalue weighted by molar-refractivity contribution is -0.136. The van der Waals surface area contributed by atoms with E-state index in [1.54, 1.807) is 30.4 Å². The molecular formula is C20H28N2O6S. The molecular weight excluding hydrogens is 396 g/mol. The molecule has 1 aromatic rings. The number of piperidine rings is 1. The normalized spacial score (nSPS) is 25.0. The summed E-state index contributed by atoms with van der Waals surface area (Å²) in [5, 5.41) is 9.72. The molecule has 2 heterocycles. The number of rotatable bonds is 7. The zero-order valence-electron chi connectivity index (χ0n) is 16.5. The zero-order chi connectivity index (χ0) is 20.9. The van der Waals surface area contributed by atoms with E-state index in [2.05, 4.69) is 4.72 Å². The van der Waals surface area contributed by atoms with E-state index in [0.29, 0.717) is 0 Å². The van der Waals surface area contributed by atoms with Crippen LogP contribution in [0, 0.1) is 0 Å². The van der Waals surface area contributed by atoms with Crippen LogP contribution in [0.2, 0.25) is 0 Å². The number of aliphatic hydroxyl groups excluding tert-OH is 1. The third-order valence-corrected chi connectivity index (χ3v) is 6.70. The van der Waals surface area contributed by atoms with Crippen molar-refractivity contribution >= 4 is 15.9 Å². The van der Waals surface area contributed by atoms with Crippen molar-refractivity contribution in [2.75, 3.05) is 26.8 Å². The van der Waals surface area contributed by atoms with Crippen LogP contribution in [0.3, 0.4) is 0 Å². The fourth-order valence-electron chi connectivity index (χ4n) is 3.64. The van der Waals surface area contributed by atoms with E-state index in [1.165, 1.54) is 13.2 Å². The van der Waals surface area contributed by atoms with Crippen molar-refractivity contribution in [3.05, 3.63) is 36.4 Å². The molecule has 1 amide bonds. The lowest BCUT2D eigenvalue weighted by atomic mass is 10.0. The highest BCUT2D eigenvalue weighted by Gasteiger charge is 2.33. The van der Waals surface area contributed by atoms with Gasteiger partial charge in [0, 0.05) is 13.1 Å². The summed E-state index contributed by atoms with van der Waals surface area (Å²) in [7, 11) is -2.49. The third kappa shape index (κ3) is 5.36. The number of hydrogen-bond acceptors (Lipinski definition) is 6. The van der Waals surface area contributed by atoms with Crippen molar-refractivity contribution in [3.8, 4) is 5.75 Å². The minimum absolute atomic E-state index is 0.00925. The average molecular weight is 425 g/mol. The van der Waals surface area contributed by atoms with Gasteiger partial charge in [-0.05, 0) is 31.4 Å². The van der Waals surface area contributed by atoms with Crippen molar-refractivity contribution in [1.29, 1.82) is 0 Å². The van der Waals surface area contributed by atoms with Gasteiger partial charge in [-0.2, -0.15) is 0 Å². The number of carbonyl (C=O) groups excluding carboxylic acids is 1. The third-order valence-electron chi connectivity index (χ3n) is 5.20. The SMILES string of the molecule is COc1ccccc1S(=O)(=O)N[C@@H]1C=C[C@@H](CC(=O)N2CCCCC2)O[C@@H]1CO. The van der Waals surface area contributed by atoms with Crippen molar-refractivity contribution in [1.82, 2.24) is 9.62 Å². The monoisotopic (exact) mass is 424 g/mol. The molecule has 2 aliphatic rings. The van der Waals surface area contributed by atoms with Crippen LogP contribution >= 0.6 is 0 Å². The number of carbonyl (C=O) groups is 1. The first-order valence-electron chi connectivity index (χ1n) is 9.82. The second-order valence-electron chi connectivity index (χ2n) is 7.22. The van der Waals surface area contributed by atoms with E-state index in [1.807, 2.05) is 4.90 Å². The maximum atomic E-state index is 12.8. The molecule has 160 valence electrons. The predicted molar refractivity (Wildman–Crippen MR) is 107 cm³/mol. The van der Waals surface area contributed by atoms with Crippen LogP contribution in [0.15, 0.2) is 41.3 Å². The molecule has 0 unspecified atom stereocenters. The van der Waals surface area contributed by atoms with Gasteiger partial charge in [0.2, 0.25) is 15.9 Å². The molecule has 0 saturated carbocycles. The number of benzene rings is 1. The van der Waals surface area contributed by atoms with Gasteiger partial charge in [-0.15, -0.1) is 0 Å². The number of nitrogens with one attached hydrogen (secondary N) is 1. The van der Waals surface area contributed by atoms with Crippen LogP contribution in [0.4, 0.5) is 0 Å². The number of likely N-dealkylation sites (tertiary alicyclic amines) is 1. The molecule has 1 fully saturated rings. The molecule has 2 aliphatic heterocycles. The number of nitrogens with zero attached hydrogens (tertiary/aromatic N) is 1. The standard InChI is InChI=1S/C20H28N2O6S/c1-27-17-7-3-4-8-19(17)29(25,26)21-16-10-9-15(28-18(16)14-23)13-20(24)22-11-5-2-6-12-22/h3-4,7-10,15-16,18,21,23H,2,5-6,11-14H2,1H3/t15-,16+,18+/m0/s1. The average Bonchev–Trinajstić information content (AvgIpc) is 2.75. The molecule has 0 aromatic heterocycles. The number of amides is 1. The number of aliphatic hydroxyl groups is 1. The molecule has 3 atom stereocenters. The largest absolute Gasteiger partial charge is 0.495 e. The summed E-state index contributed by atoms with van der Waals surface area (Å²) < 4.78 is 39.1. The van der Waals surface area contributed by atoms with Crippen molar-refractivity contribution < 1.29 is 27.8 Å². The Morgan fingerprint density at radius 1 is 1.24 bits per heavy atom. The van der Waals surface area contributed by atoms with Crippen LogP contribution < -0.4 is 9.46 Å². The molecule has 1 aromatic carbocycles. The molecule has 0 aliphatic carbocycles. The highest BCUT2D eigenvalue weighted by Crippen LogP contribution is 2.25. The van der Waals surface area contributed by atoms with Crippen LogP contribution in [0.5, 0.6) is 5.75 Å². The maximum Gasteiger partial charge on any atom is 0.244 e. The first-order valence-corrected chi connectivity index (χ1v) is 11.3. The molecule has 29 heavy (non-hydrogen) atoms. The van der Waals surface area contributed by atoms with E-state index < -0.39 is 28.3 Å². The Labute approximate surface area is 171 Å².